The van der Waals surface area contributed by atoms with Crippen LogP contribution in [0.15, 0.2) is 30.3 Å². The molecule has 86 valence electrons. The number of carbonyl (C=O) groups excluding carboxylic acids is 2. The molecule has 0 aliphatic rings. The van der Waals surface area contributed by atoms with Gasteiger partial charge in [0.25, 0.3) is 0 Å². The lowest BCUT2D eigenvalue weighted by Gasteiger charge is -2.23. The van der Waals surface area contributed by atoms with Crippen molar-refractivity contribution in [1.29, 1.82) is 0 Å². The monoisotopic (exact) mass is 239 g/mol. The number of alkyl halides is 1. The minimum absolute atomic E-state index is 0.310. The highest BCUT2D eigenvalue weighted by molar-refractivity contribution is 6.29. The number of ketones is 1. The Morgan fingerprint density at radius 2 is 1.88 bits per heavy atom. The molecule has 0 amide bonds. The molecule has 0 fully saturated rings. The van der Waals surface area contributed by atoms with Gasteiger partial charge in [0.15, 0.2) is 5.78 Å². The molecule has 4 heteroatoms. The maximum Gasteiger partial charge on any atom is 0.156 e. The van der Waals surface area contributed by atoms with Crippen LogP contribution in [-0.2, 0) is 9.59 Å². The van der Waals surface area contributed by atoms with Gasteiger partial charge in [0.2, 0.25) is 0 Å². The number of hydrogen-bond donors (Lipinski definition) is 0. The van der Waals surface area contributed by atoms with Crippen LogP contribution in [0.2, 0.25) is 0 Å². The topological polar surface area (TPSA) is 57.2 Å². The molecule has 0 aromatic heterocycles. The summed E-state index contributed by atoms with van der Waals surface area (Å²) >= 11 is 5.38. The summed E-state index contributed by atoms with van der Waals surface area (Å²) in [6.07, 6.45) is 0. The molecule has 0 heterocycles. The van der Waals surface area contributed by atoms with Gasteiger partial charge in [0.05, 0.1) is 17.8 Å². The average Bonchev–Trinajstić information content (AvgIpc) is 2.29. The first kappa shape index (κ1) is 12.7. The van der Waals surface area contributed by atoms with Crippen molar-refractivity contribution in [2.24, 2.45) is 5.92 Å². The predicted molar refractivity (Wildman–Crippen MR) is 59.1 cm³/mol. The Kier molecular flexibility index (Phi) is 4.50. The van der Waals surface area contributed by atoms with Gasteiger partial charge in [0.1, 0.15) is 0 Å². The van der Waals surface area contributed by atoms with Crippen molar-refractivity contribution < 1.29 is 14.7 Å². The molecule has 2 atom stereocenters. The second-order valence-electron chi connectivity index (χ2n) is 3.60. The van der Waals surface area contributed by atoms with Gasteiger partial charge in [-0.3, -0.25) is 4.79 Å². The molecule has 3 nitrogen and oxygen atoms in total. The van der Waals surface area contributed by atoms with Crippen LogP contribution in [0.3, 0.4) is 0 Å². The lowest BCUT2D eigenvalue weighted by Crippen LogP contribution is -2.40. The Bertz CT molecular complexity index is 375. The fraction of sp³-hybridized carbons (Fsp3) is 0.333. The maximum absolute atomic E-state index is 11.4. The third-order valence-electron chi connectivity index (χ3n) is 2.56. The first-order valence-corrected chi connectivity index (χ1v) is 5.46. The van der Waals surface area contributed by atoms with Crippen LogP contribution >= 0.6 is 11.6 Å². The number of Topliss-reactive ketones (excluding diaryl/α,β-unsaturated/α-hetero) is 1. The van der Waals surface area contributed by atoms with Gasteiger partial charge < -0.3 is 9.90 Å². The minimum Gasteiger partial charge on any atom is -0.549 e. The zero-order chi connectivity index (χ0) is 12.1. The van der Waals surface area contributed by atoms with Crippen LogP contribution in [0.25, 0.3) is 0 Å². The molecule has 0 aliphatic carbocycles. The molecule has 0 radical (unpaired) electrons. The van der Waals surface area contributed by atoms with Crippen molar-refractivity contribution in [3.8, 4) is 0 Å². The molecule has 1 rings (SSSR count). The van der Waals surface area contributed by atoms with E-state index in [2.05, 4.69) is 0 Å². The normalized spacial score (nSPS) is 14.1. The minimum atomic E-state index is -1.37. The summed E-state index contributed by atoms with van der Waals surface area (Å²) in [5.74, 6) is -3.81. The van der Waals surface area contributed by atoms with Crippen molar-refractivity contribution in [2.75, 3.05) is 5.88 Å². The lowest BCUT2D eigenvalue weighted by atomic mass is 9.85. The van der Waals surface area contributed by atoms with Crippen LogP contribution in [-0.4, -0.2) is 17.6 Å². The van der Waals surface area contributed by atoms with Gasteiger partial charge in [-0.05, 0) is 11.5 Å². The maximum atomic E-state index is 11.4. The number of halogens is 1. The summed E-state index contributed by atoms with van der Waals surface area (Å²) in [5.41, 5.74) is 0.787. The first-order valence-electron chi connectivity index (χ1n) is 4.92. The van der Waals surface area contributed by atoms with Crippen LogP contribution in [0, 0.1) is 5.92 Å². The summed E-state index contributed by atoms with van der Waals surface area (Å²) in [6.45, 7) is 1.68. The Morgan fingerprint density at radius 1 is 1.31 bits per heavy atom. The standard InChI is InChI=1S/C12H13ClO3/c1-8(9-5-3-2-4-6-9)11(12(15)16)10(14)7-13/h2-6,8,11H,7H2,1H3,(H,15,16)/p-1. The molecule has 0 saturated heterocycles. The lowest BCUT2D eigenvalue weighted by molar-refractivity contribution is -0.310. The smallest absolute Gasteiger partial charge is 0.156 e. The van der Waals surface area contributed by atoms with Crippen LogP contribution in [0.1, 0.15) is 18.4 Å². The van der Waals surface area contributed by atoms with Crippen LogP contribution in [0.4, 0.5) is 0 Å². The quantitative estimate of drug-likeness (QED) is 0.568. The van der Waals surface area contributed by atoms with E-state index in [1.807, 2.05) is 6.07 Å². The summed E-state index contributed by atoms with van der Waals surface area (Å²) in [5, 5.41) is 10.9. The van der Waals surface area contributed by atoms with E-state index in [9.17, 15) is 14.7 Å². The van der Waals surface area contributed by atoms with E-state index in [0.717, 1.165) is 5.56 Å². The highest BCUT2D eigenvalue weighted by atomic mass is 35.5. The number of aliphatic carboxylic acids is 1. The van der Waals surface area contributed by atoms with Crippen molar-refractivity contribution in [1.82, 2.24) is 0 Å². The summed E-state index contributed by atoms with van der Waals surface area (Å²) in [4.78, 5) is 22.3. The van der Waals surface area contributed by atoms with Gasteiger partial charge in [0, 0.05) is 0 Å². The zero-order valence-electron chi connectivity index (χ0n) is 8.85. The SMILES string of the molecule is CC(c1ccccc1)C(C(=O)[O-])C(=O)CCl. The highest BCUT2D eigenvalue weighted by Crippen LogP contribution is 2.24. The molecule has 1 aromatic carbocycles. The molecule has 16 heavy (non-hydrogen) atoms. The van der Waals surface area contributed by atoms with E-state index in [1.165, 1.54) is 0 Å². The molecule has 0 aliphatic heterocycles. The number of rotatable bonds is 5. The van der Waals surface area contributed by atoms with Gasteiger partial charge >= 0.3 is 0 Å². The predicted octanol–water partition coefficient (Wildman–Crippen LogP) is 0.964. The largest absolute Gasteiger partial charge is 0.549 e. The molecular formula is C12H12ClO3-. The van der Waals surface area contributed by atoms with E-state index >= 15 is 0 Å². The molecule has 0 saturated carbocycles. The van der Waals surface area contributed by atoms with E-state index in [0.29, 0.717) is 0 Å². The van der Waals surface area contributed by atoms with Gasteiger partial charge in [-0.1, -0.05) is 37.3 Å². The van der Waals surface area contributed by atoms with Crippen LogP contribution in [0.5, 0.6) is 0 Å². The highest BCUT2D eigenvalue weighted by Gasteiger charge is 2.26. The second kappa shape index (κ2) is 5.66. The fourth-order valence-electron chi connectivity index (χ4n) is 1.65. The van der Waals surface area contributed by atoms with Crippen LogP contribution < -0.4 is 5.11 Å². The first-order chi connectivity index (χ1) is 7.57. The van der Waals surface area contributed by atoms with Gasteiger partial charge in [-0.15, -0.1) is 11.6 Å². The Hall–Kier alpha value is -1.35. The Labute approximate surface area is 99.0 Å². The van der Waals surface area contributed by atoms with Crippen molar-refractivity contribution in [3.63, 3.8) is 0 Å². The van der Waals surface area contributed by atoms with Crippen molar-refractivity contribution in [2.45, 2.75) is 12.8 Å². The van der Waals surface area contributed by atoms with Crippen molar-refractivity contribution >= 4 is 23.4 Å². The van der Waals surface area contributed by atoms with Gasteiger partial charge in [-0.2, -0.15) is 0 Å². The average molecular weight is 240 g/mol. The summed E-state index contributed by atoms with van der Waals surface area (Å²) in [7, 11) is 0. The molecule has 0 N–H and O–H groups in total. The summed E-state index contributed by atoms with van der Waals surface area (Å²) < 4.78 is 0. The zero-order valence-corrected chi connectivity index (χ0v) is 9.61. The molecule has 0 spiro atoms. The number of carboxylic acids is 1. The third-order valence-corrected chi connectivity index (χ3v) is 2.82. The number of carboxylic acid groups (broad SMARTS) is 1. The number of carbonyl (C=O) groups is 2. The molecular weight excluding hydrogens is 228 g/mol. The Morgan fingerprint density at radius 3 is 2.31 bits per heavy atom. The third kappa shape index (κ3) is 2.83. The van der Waals surface area contributed by atoms with E-state index in [1.54, 1.807) is 31.2 Å². The van der Waals surface area contributed by atoms with Gasteiger partial charge in [-0.25, -0.2) is 0 Å². The van der Waals surface area contributed by atoms with E-state index in [-0.39, 0.29) is 5.88 Å². The number of benzene rings is 1. The summed E-state index contributed by atoms with van der Waals surface area (Å²) in [6, 6.07) is 8.98. The van der Waals surface area contributed by atoms with Crippen molar-refractivity contribution in [3.05, 3.63) is 35.9 Å². The fourth-order valence-corrected chi connectivity index (χ4v) is 1.81. The van der Waals surface area contributed by atoms with E-state index < -0.39 is 23.6 Å². The second-order valence-corrected chi connectivity index (χ2v) is 3.86. The number of hydrogen-bond acceptors (Lipinski definition) is 3. The Balaban J connectivity index is 2.96. The molecule has 0 bridgehead atoms. The molecule has 2 unspecified atom stereocenters. The van der Waals surface area contributed by atoms with E-state index in [4.69, 9.17) is 11.6 Å². The molecule has 1 aromatic rings.